The van der Waals surface area contributed by atoms with E-state index in [0.717, 1.165) is 11.6 Å². The minimum absolute atomic E-state index is 0.440. The van der Waals surface area contributed by atoms with Crippen molar-refractivity contribution in [2.45, 2.75) is 44.9 Å². The number of hydrogen-bond acceptors (Lipinski definition) is 2. The molecule has 1 N–H and O–H groups in total. The van der Waals surface area contributed by atoms with Gasteiger partial charge >= 0.3 is 0 Å². The molecule has 1 fully saturated rings. The normalized spacial score (nSPS) is 18.2. The highest BCUT2D eigenvalue weighted by atomic mass is 15.2. The predicted molar refractivity (Wildman–Crippen MR) is 47.1 cm³/mol. The Hall–Kier alpha value is -0.860. The first-order valence-corrected chi connectivity index (χ1v) is 4.69. The molecule has 0 saturated heterocycles. The molecular formula is C9H15N3. The van der Waals surface area contributed by atoms with E-state index in [4.69, 9.17) is 0 Å². The fraction of sp³-hybridized carbons (Fsp3) is 0.778. The quantitative estimate of drug-likeness (QED) is 0.729. The van der Waals surface area contributed by atoms with E-state index < -0.39 is 0 Å². The van der Waals surface area contributed by atoms with E-state index in [-0.39, 0.29) is 0 Å². The zero-order valence-corrected chi connectivity index (χ0v) is 7.67. The van der Waals surface area contributed by atoms with Gasteiger partial charge in [0.05, 0.1) is 0 Å². The SMILES string of the molecule is CC(C)c1n[nH]c(C2CCC2)n1. The van der Waals surface area contributed by atoms with Gasteiger partial charge in [-0.05, 0) is 12.8 Å². The largest absolute Gasteiger partial charge is 0.263 e. The summed E-state index contributed by atoms with van der Waals surface area (Å²) in [6.45, 7) is 4.24. The van der Waals surface area contributed by atoms with Crippen LogP contribution < -0.4 is 0 Å². The minimum Gasteiger partial charge on any atom is -0.263 e. The molecule has 1 aliphatic rings. The number of hydrogen-bond donors (Lipinski definition) is 1. The van der Waals surface area contributed by atoms with Crippen molar-refractivity contribution in [2.75, 3.05) is 0 Å². The van der Waals surface area contributed by atoms with E-state index in [9.17, 15) is 0 Å². The first kappa shape index (κ1) is 7.77. The van der Waals surface area contributed by atoms with Crippen molar-refractivity contribution in [1.29, 1.82) is 0 Å². The van der Waals surface area contributed by atoms with Crippen LogP contribution in [-0.4, -0.2) is 15.2 Å². The van der Waals surface area contributed by atoms with Gasteiger partial charge in [0.15, 0.2) is 5.82 Å². The second kappa shape index (κ2) is 2.88. The van der Waals surface area contributed by atoms with Crippen LogP contribution in [0.2, 0.25) is 0 Å². The van der Waals surface area contributed by atoms with Crippen molar-refractivity contribution >= 4 is 0 Å². The van der Waals surface area contributed by atoms with E-state index in [2.05, 4.69) is 29.0 Å². The standard InChI is InChI=1S/C9H15N3/c1-6(2)8-10-9(12-11-8)7-4-3-5-7/h6-7H,3-5H2,1-2H3,(H,10,11,12). The van der Waals surface area contributed by atoms with Gasteiger partial charge in [-0.3, -0.25) is 5.10 Å². The highest BCUT2D eigenvalue weighted by molar-refractivity contribution is 5.03. The lowest BCUT2D eigenvalue weighted by Gasteiger charge is -2.22. The molecule has 1 aliphatic carbocycles. The maximum Gasteiger partial charge on any atom is 0.153 e. The first-order valence-electron chi connectivity index (χ1n) is 4.69. The van der Waals surface area contributed by atoms with Crippen LogP contribution in [0.1, 0.15) is 56.6 Å². The van der Waals surface area contributed by atoms with Gasteiger partial charge in [0.1, 0.15) is 5.82 Å². The lowest BCUT2D eigenvalue weighted by molar-refractivity contribution is 0.402. The lowest BCUT2D eigenvalue weighted by atomic mass is 9.85. The Morgan fingerprint density at radius 3 is 2.58 bits per heavy atom. The van der Waals surface area contributed by atoms with Gasteiger partial charge in [0.25, 0.3) is 0 Å². The van der Waals surface area contributed by atoms with Crippen LogP contribution in [0.3, 0.4) is 0 Å². The Balaban J connectivity index is 2.12. The van der Waals surface area contributed by atoms with Gasteiger partial charge < -0.3 is 0 Å². The first-order chi connectivity index (χ1) is 5.77. The molecule has 0 bridgehead atoms. The molecule has 0 unspecified atom stereocenters. The smallest absolute Gasteiger partial charge is 0.153 e. The molecule has 1 aromatic heterocycles. The Morgan fingerprint density at radius 2 is 2.17 bits per heavy atom. The Labute approximate surface area is 72.6 Å². The molecule has 3 heteroatoms. The third kappa shape index (κ3) is 1.24. The van der Waals surface area contributed by atoms with Gasteiger partial charge in [-0.15, -0.1) is 0 Å². The second-order valence-corrected chi connectivity index (χ2v) is 3.86. The molecular weight excluding hydrogens is 150 g/mol. The average molecular weight is 165 g/mol. The van der Waals surface area contributed by atoms with Crippen LogP contribution in [0.4, 0.5) is 0 Å². The average Bonchev–Trinajstić information content (AvgIpc) is 2.32. The summed E-state index contributed by atoms with van der Waals surface area (Å²) >= 11 is 0. The summed E-state index contributed by atoms with van der Waals surface area (Å²) in [6.07, 6.45) is 3.92. The molecule has 0 amide bonds. The molecule has 12 heavy (non-hydrogen) atoms. The van der Waals surface area contributed by atoms with Crippen molar-refractivity contribution < 1.29 is 0 Å². The van der Waals surface area contributed by atoms with Crippen LogP contribution in [0.5, 0.6) is 0 Å². The van der Waals surface area contributed by atoms with Gasteiger partial charge in [-0.25, -0.2) is 4.98 Å². The zero-order chi connectivity index (χ0) is 8.55. The summed E-state index contributed by atoms with van der Waals surface area (Å²) in [6, 6.07) is 0. The molecule has 1 aromatic rings. The Bertz CT molecular complexity index is 260. The third-order valence-corrected chi connectivity index (χ3v) is 2.53. The predicted octanol–water partition coefficient (Wildman–Crippen LogP) is 2.20. The summed E-state index contributed by atoms with van der Waals surface area (Å²) in [7, 11) is 0. The van der Waals surface area contributed by atoms with Crippen LogP contribution >= 0.6 is 0 Å². The summed E-state index contributed by atoms with van der Waals surface area (Å²) in [5.41, 5.74) is 0. The molecule has 1 saturated carbocycles. The number of aromatic amines is 1. The van der Waals surface area contributed by atoms with Gasteiger partial charge in [-0.1, -0.05) is 20.3 Å². The van der Waals surface area contributed by atoms with Crippen molar-refractivity contribution in [2.24, 2.45) is 0 Å². The van der Waals surface area contributed by atoms with E-state index in [1.807, 2.05) is 0 Å². The van der Waals surface area contributed by atoms with Crippen molar-refractivity contribution in [3.63, 3.8) is 0 Å². The summed E-state index contributed by atoms with van der Waals surface area (Å²) < 4.78 is 0. The van der Waals surface area contributed by atoms with Crippen molar-refractivity contribution in [3.05, 3.63) is 11.6 Å². The topological polar surface area (TPSA) is 41.6 Å². The summed E-state index contributed by atoms with van der Waals surface area (Å²) in [4.78, 5) is 4.47. The van der Waals surface area contributed by atoms with E-state index in [0.29, 0.717) is 11.8 Å². The summed E-state index contributed by atoms with van der Waals surface area (Å²) in [5.74, 6) is 3.17. The Morgan fingerprint density at radius 1 is 1.42 bits per heavy atom. The second-order valence-electron chi connectivity index (χ2n) is 3.86. The van der Waals surface area contributed by atoms with E-state index >= 15 is 0 Å². The van der Waals surface area contributed by atoms with Crippen LogP contribution in [0.15, 0.2) is 0 Å². The molecule has 0 atom stereocenters. The lowest BCUT2D eigenvalue weighted by Crippen LogP contribution is -2.10. The molecule has 1 heterocycles. The molecule has 2 rings (SSSR count). The maximum atomic E-state index is 4.47. The molecule has 0 aliphatic heterocycles. The number of nitrogens with zero attached hydrogens (tertiary/aromatic N) is 2. The number of nitrogens with one attached hydrogen (secondary N) is 1. The fourth-order valence-electron chi connectivity index (χ4n) is 1.41. The maximum absolute atomic E-state index is 4.47. The molecule has 0 radical (unpaired) electrons. The number of H-pyrrole nitrogens is 1. The molecule has 66 valence electrons. The van der Waals surface area contributed by atoms with Crippen LogP contribution in [-0.2, 0) is 0 Å². The molecule has 3 nitrogen and oxygen atoms in total. The molecule has 0 aromatic carbocycles. The van der Waals surface area contributed by atoms with Gasteiger partial charge in [-0.2, -0.15) is 5.10 Å². The minimum atomic E-state index is 0.440. The van der Waals surface area contributed by atoms with Gasteiger partial charge in [0, 0.05) is 11.8 Å². The zero-order valence-electron chi connectivity index (χ0n) is 7.67. The highest BCUT2D eigenvalue weighted by Crippen LogP contribution is 2.34. The monoisotopic (exact) mass is 165 g/mol. The van der Waals surface area contributed by atoms with Crippen LogP contribution in [0, 0.1) is 0 Å². The van der Waals surface area contributed by atoms with Crippen molar-refractivity contribution in [3.8, 4) is 0 Å². The number of aromatic nitrogens is 3. The van der Waals surface area contributed by atoms with Crippen molar-refractivity contribution in [1.82, 2.24) is 15.2 Å². The third-order valence-electron chi connectivity index (χ3n) is 2.53. The summed E-state index contributed by atoms with van der Waals surface area (Å²) in [5, 5.41) is 7.21. The van der Waals surface area contributed by atoms with Gasteiger partial charge in [0.2, 0.25) is 0 Å². The fourth-order valence-corrected chi connectivity index (χ4v) is 1.41. The van der Waals surface area contributed by atoms with Crippen LogP contribution in [0.25, 0.3) is 0 Å². The Kier molecular flexibility index (Phi) is 1.87. The van der Waals surface area contributed by atoms with E-state index in [1.165, 1.54) is 19.3 Å². The highest BCUT2D eigenvalue weighted by Gasteiger charge is 2.23. The number of rotatable bonds is 2. The van der Waals surface area contributed by atoms with E-state index in [1.54, 1.807) is 0 Å². The molecule has 0 spiro atoms.